The third-order valence-electron chi connectivity index (χ3n) is 2.52. The topological polar surface area (TPSA) is 12.9 Å². The van der Waals surface area contributed by atoms with Gasteiger partial charge in [0.25, 0.3) is 0 Å². The monoisotopic (exact) mass is 215 g/mol. The van der Waals surface area contributed by atoms with Crippen molar-refractivity contribution in [3.63, 3.8) is 0 Å². The Labute approximate surface area is 88.1 Å². The SMILES string of the molecule is ClC(CCCc1cncs1)C1CC1. The highest BCUT2D eigenvalue weighted by Gasteiger charge is 2.28. The van der Waals surface area contributed by atoms with Crippen LogP contribution in [0.25, 0.3) is 0 Å². The van der Waals surface area contributed by atoms with Crippen LogP contribution in [0.3, 0.4) is 0 Å². The highest BCUT2D eigenvalue weighted by molar-refractivity contribution is 7.09. The Morgan fingerprint density at radius 2 is 2.46 bits per heavy atom. The molecule has 1 aromatic rings. The summed E-state index contributed by atoms with van der Waals surface area (Å²) in [6, 6.07) is 0. The molecule has 0 amide bonds. The predicted molar refractivity (Wildman–Crippen MR) is 57.4 cm³/mol. The second-order valence-corrected chi connectivity index (χ2v) is 5.24. The van der Waals surface area contributed by atoms with Crippen molar-refractivity contribution in [2.45, 2.75) is 37.5 Å². The molecule has 13 heavy (non-hydrogen) atoms. The third kappa shape index (κ3) is 2.96. The van der Waals surface area contributed by atoms with E-state index in [4.69, 9.17) is 11.6 Å². The molecule has 1 saturated carbocycles. The first-order chi connectivity index (χ1) is 6.36. The highest BCUT2D eigenvalue weighted by Crippen LogP contribution is 2.37. The van der Waals surface area contributed by atoms with Gasteiger partial charge in [0.15, 0.2) is 0 Å². The van der Waals surface area contributed by atoms with E-state index in [1.165, 1.54) is 30.6 Å². The number of thiazole rings is 1. The van der Waals surface area contributed by atoms with Gasteiger partial charge in [0.1, 0.15) is 0 Å². The average molecular weight is 216 g/mol. The summed E-state index contributed by atoms with van der Waals surface area (Å²) < 4.78 is 0. The maximum absolute atomic E-state index is 6.21. The summed E-state index contributed by atoms with van der Waals surface area (Å²) in [7, 11) is 0. The lowest BCUT2D eigenvalue weighted by Gasteiger charge is -2.05. The Morgan fingerprint density at radius 1 is 1.62 bits per heavy atom. The summed E-state index contributed by atoms with van der Waals surface area (Å²) in [4.78, 5) is 5.44. The van der Waals surface area contributed by atoms with Crippen LogP contribution in [0.5, 0.6) is 0 Å². The van der Waals surface area contributed by atoms with Crippen molar-refractivity contribution >= 4 is 22.9 Å². The van der Waals surface area contributed by atoms with Crippen LogP contribution >= 0.6 is 22.9 Å². The van der Waals surface area contributed by atoms with E-state index in [0.717, 1.165) is 12.3 Å². The van der Waals surface area contributed by atoms with Gasteiger partial charge in [-0.1, -0.05) is 0 Å². The fourth-order valence-electron chi connectivity index (χ4n) is 1.53. The normalized spacial score (nSPS) is 18.8. The number of aryl methyl sites for hydroxylation is 1. The largest absolute Gasteiger partial charge is 0.253 e. The minimum Gasteiger partial charge on any atom is -0.253 e. The van der Waals surface area contributed by atoms with Gasteiger partial charge in [-0.25, -0.2) is 0 Å². The molecule has 1 aliphatic carbocycles. The number of aromatic nitrogens is 1. The minimum atomic E-state index is 0.438. The molecule has 0 aromatic carbocycles. The summed E-state index contributed by atoms with van der Waals surface area (Å²) in [6.07, 6.45) is 8.21. The summed E-state index contributed by atoms with van der Waals surface area (Å²) in [5.74, 6) is 0.836. The van der Waals surface area contributed by atoms with Crippen LogP contribution in [-0.4, -0.2) is 10.4 Å². The first-order valence-corrected chi connectivity index (χ1v) is 6.19. The lowest BCUT2D eigenvalue weighted by atomic mass is 10.1. The second-order valence-electron chi connectivity index (χ2n) is 3.71. The number of hydrogen-bond donors (Lipinski definition) is 0. The van der Waals surface area contributed by atoms with E-state index in [0.29, 0.717) is 5.38 Å². The molecule has 0 bridgehead atoms. The second kappa shape index (κ2) is 4.43. The van der Waals surface area contributed by atoms with Gasteiger partial charge in [-0.3, -0.25) is 4.98 Å². The first-order valence-electron chi connectivity index (χ1n) is 4.87. The van der Waals surface area contributed by atoms with E-state index in [-0.39, 0.29) is 0 Å². The highest BCUT2D eigenvalue weighted by atomic mass is 35.5. The minimum absolute atomic E-state index is 0.438. The van der Waals surface area contributed by atoms with Crippen molar-refractivity contribution in [1.29, 1.82) is 0 Å². The molecule has 1 heterocycles. The van der Waals surface area contributed by atoms with Crippen LogP contribution in [0.2, 0.25) is 0 Å². The maximum atomic E-state index is 6.21. The van der Waals surface area contributed by atoms with Gasteiger partial charge in [0, 0.05) is 16.5 Å². The molecule has 0 radical (unpaired) electrons. The summed E-state index contributed by atoms with van der Waals surface area (Å²) in [6.45, 7) is 0. The summed E-state index contributed by atoms with van der Waals surface area (Å²) in [5, 5.41) is 0.438. The molecule has 1 nitrogen and oxygen atoms in total. The zero-order valence-electron chi connectivity index (χ0n) is 7.58. The van der Waals surface area contributed by atoms with Crippen LogP contribution in [0, 0.1) is 5.92 Å². The van der Waals surface area contributed by atoms with Gasteiger partial charge < -0.3 is 0 Å². The van der Waals surface area contributed by atoms with Gasteiger partial charge in [0.2, 0.25) is 0 Å². The number of halogens is 1. The van der Waals surface area contributed by atoms with E-state index in [2.05, 4.69) is 4.98 Å². The molecule has 3 heteroatoms. The molecule has 0 aliphatic heterocycles. The lowest BCUT2D eigenvalue weighted by molar-refractivity contribution is 0.639. The Bertz CT molecular complexity index is 243. The van der Waals surface area contributed by atoms with E-state index < -0.39 is 0 Å². The van der Waals surface area contributed by atoms with Crippen LogP contribution in [0.1, 0.15) is 30.6 Å². The first kappa shape index (κ1) is 9.47. The fourth-order valence-corrected chi connectivity index (χ4v) is 2.58. The number of rotatable bonds is 5. The van der Waals surface area contributed by atoms with Crippen molar-refractivity contribution in [1.82, 2.24) is 4.98 Å². The third-order valence-corrected chi connectivity index (χ3v) is 3.93. The van der Waals surface area contributed by atoms with Crippen LogP contribution < -0.4 is 0 Å². The van der Waals surface area contributed by atoms with Gasteiger partial charge in [-0.15, -0.1) is 22.9 Å². The Hall–Kier alpha value is -0.0800. The molecule has 0 N–H and O–H groups in total. The van der Waals surface area contributed by atoms with Crippen molar-refractivity contribution in [2.75, 3.05) is 0 Å². The van der Waals surface area contributed by atoms with E-state index >= 15 is 0 Å². The average Bonchev–Trinajstić information content (AvgIpc) is 2.86. The van der Waals surface area contributed by atoms with Gasteiger partial charge in [0.05, 0.1) is 5.51 Å². The van der Waals surface area contributed by atoms with Crippen molar-refractivity contribution < 1.29 is 0 Å². The zero-order chi connectivity index (χ0) is 9.10. The number of hydrogen-bond acceptors (Lipinski definition) is 2. The standard InChI is InChI=1S/C10H14ClNS/c11-10(8-4-5-8)3-1-2-9-6-12-7-13-9/h6-8,10H,1-5H2. The molecule has 0 spiro atoms. The molecule has 1 aliphatic rings. The molecule has 2 rings (SSSR count). The molecule has 1 atom stereocenters. The van der Waals surface area contributed by atoms with Gasteiger partial charge >= 0.3 is 0 Å². The van der Waals surface area contributed by atoms with E-state index in [1.807, 2.05) is 11.7 Å². The Balaban J connectivity index is 1.63. The molecule has 1 unspecified atom stereocenters. The molecule has 1 aromatic heterocycles. The van der Waals surface area contributed by atoms with Crippen LogP contribution in [0.4, 0.5) is 0 Å². The molecular formula is C10H14ClNS. The van der Waals surface area contributed by atoms with Gasteiger partial charge in [-0.2, -0.15) is 0 Å². The maximum Gasteiger partial charge on any atom is 0.0794 e. The predicted octanol–water partition coefficient (Wildman–Crippen LogP) is 3.48. The number of nitrogens with zero attached hydrogens (tertiary/aromatic N) is 1. The van der Waals surface area contributed by atoms with E-state index in [1.54, 1.807) is 11.3 Å². The van der Waals surface area contributed by atoms with Crippen LogP contribution in [0.15, 0.2) is 11.7 Å². The molecule has 0 saturated heterocycles. The van der Waals surface area contributed by atoms with Crippen molar-refractivity contribution in [2.24, 2.45) is 5.92 Å². The Kier molecular flexibility index (Phi) is 3.23. The smallest absolute Gasteiger partial charge is 0.0794 e. The molecular weight excluding hydrogens is 202 g/mol. The van der Waals surface area contributed by atoms with Crippen molar-refractivity contribution in [3.8, 4) is 0 Å². The number of alkyl halides is 1. The lowest BCUT2D eigenvalue weighted by Crippen LogP contribution is -2.01. The fraction of sp³-hybridized carbons (Fsp3) is 0.700. The van der Waals surface area contributed by atoms with Crippen molar-refractivity contribution in [3.05, 3.63) is 16.6 Å². The molecule has 72 valence electrons. The van der Waals surface area contributed by atoms with E-state index in [9.17, 15) is 0 Å². The van der Waals surface area contributed by atoms with Gasteiger partial charge in [-0.05, 0) is 38.0 Å². The van der Waals surface area contributed by atoms with Crippen LogP contribution in [-0.2, 0) is 6.42 Å². The Morgan fingerprint density at radius 3 is 3.08 bits per heavy atom. The zero-order valence-corrected chi connectivity index (χ0v) is 9.15. The summed E-state index contributed by atoms with van der Waals surface area (Å²) in [5.41, 5.74) is 1.90. The summed E-state index contributed by atoms with van der Waals surface area (Å²) >= 11 is 7.95. The molecule has 1 fully saturated rings. The quantitative estimate of drug-likeness (QED) is 0.686.